The topological polar surface area (TPSA) is 9.23 Å². The van der Waals surface area contributed by atoms with E-state index in [0.717, 1.165) is 18.9 Å². The molecule has 1 aromatic carbocycles. The second kappa shape index (κ2) is 4.04. The lowest BCUT2D eigenvalue weighted by Crippen LogP contribution is -2.09. The average molecular weight is 230 g/mol. The van der Waals surface area contributed by atoms with Crippen LogP contribution < -0.4 is 4.74 Å². The van der Waals surface area contributed by atoms with E-state index in [0.29, 0.717) is 5.41 Å². The Labute approximate surface area is 104 Å². The van der Waals surface area contributed by atoms with E-state index in [1.807, 2.05) is 0 Å². The first kappa shape index (κ1) is 11.1. The lowest BCUT2D eigenvalue weighted by molar-refractivity contribution is 0.342. The van der Waals surface area contributed by atoms with Crippen LogP contribution in [0.3, 0.4) is 0 Å². The molecule has 17 heavy (non-hydrogen) atoms. The van der Waals surface area contributed by atoms with Gasteiger partial charge in [0.25, 0.3) is 0 Å². The highest BCUT2D eigenvalue weighted by molar-refractivity contribution is 5.44. The first-order valence-electron chi connectivity index (χ1n) is 6.92. The number of hydrogen-bond acceptors (Lipinski definition) is 1. The molecule has 1 heterocycles. The Morgan fingerprint density at radius 2 is 2.12 bits per heavy atom. The highest BCUT2D eigenvalue weighted by Gasteiger charge is 2.43. The molecule has 0 bridgehead atoms. The standard InChI is InChI=1S/C16H22O/c1-12(2)10-16(7-8-16)11-14-5-3-4-13-6-9-17-15(13)14/h3-5,12H,6-11H2,1-2H3. The van der Waals surface area contributed by atoms with Crippen molar-refractivity contribution in [2.75, 3.05) is 6.61 Å². The maximum Gasteiger partial charge on any atom is 0.125 e. The molecular formula is C16H22O. The molecule has 0 unspecified atom stereocenters. The minimum absolute atomic E-state index is 0.606. The van der Waals surface area contributed by atoms with E-state index in [1.165, 1.54) is 42.6 Å². The van der Waals surface area contributed by atoms with Crippen molar-refractivity contribution in [1.82, 2.24) is 0 Å². The summed E-state index contributed by atoms with van der Waals surface area (Å²) in [5.41, 5.74) is 3.48. The van der Waals surface area contributed by atoms with Gasteiger partial charge in [-0.2, -0.15) is 0 Å². The summed E-state index contributed by atoms with van der Waals surface area (Å²) >= 11 is 0. The van der Waals surface area contributed by atoms with Gasteiger partial charge in [0.1, 0.15) is 5.75 Å². The summed E-state index contributed by atoms with van der Waals surface area (Å²) in [7, 11) is 0. The van der Waals surface area contributed by atoms with Crippen LogP contribution in [0.2, 0.25) is 0 Å². The van der Waals surface area contributed by atoms with Crippen molar-refractivity contribution in [3.05, 3.63) is 29.3 Å². The Morgan fingerprint density at radius 3 is 2.82 bits per heavy atom. The Balaban J connectivity index is 1.80. The zero-order valence-electron chi connectivity index (χ0n) is 11.0. The van der Waals surface area contributed by atoms with Crippen LogP contribution in [0, 0.1) is 11.3 Å². The van der Waals surface area contributed by atoms with Gasteiger partial charge in [-0.15, -0.1) is 0 Å². The van der Waals surface area contributed by atoms with E-state index in [1.54, 1.807) is 0 Å². The van der Waals surface area contributed by atoms with Crippen molar-refractivity contribution >= 4 is 0 Å². The van der Waals surface area contributed by atoms with E-state index in [9.17, 15) is 0 Å². The highest BCUT2D eigenvalue weighted by Crippen LogP contribution is 2.54. The third-order valence-corrected chi connectivity index (χ3v) is 4.16. The predicted octanol–water partition coefficient (Wildman–Crippen LogP) is 3.99. The van der Waals surface area contributed by atoms with Gasteiger partial charge >= 0.3 is 0 Å². The molecule has 1 aliphatic carbocycles. The summed E-state index contributed by atoms with van der Waals surface area (Å²) in [5, 5.41) is 0. The molecule has 1 aliphatic heterocycles. The number of rotatable bonds is 4. The van der Waals surface area contributed by atoms with Crippen molar-refractivity contribution in [1.29, 1.82) is 0 Å². The highest BCUT2D eigenvalue weighted by atomic mass is 16.5. The third kappa shape index (κ3) is 2.20. The molecule has 2 aliphatic rings. The molecule has 0 amide bonds. The number of ether oxygens (including phenoxy) is 1. The molecule has 1 saturated carbocycles. The van der Waals surface area contributed by atoms with Gasteiger partial charge in [-0.25, -0.2) is 0 Å². The van der Waals surface area contributed by atoms with E-state index in [4.69, 9.17) is 4.74 Å². The van der Waals surface area contributed by atoms with Gasteiger partial charge in [0.2, 0.25) is 0 Å². The predicted molar refractivity (Wildman–Crippen MR) is 70.5 cm³/mol. The Hall–Kier alpha value is -0.980. The first-order valence-corrected chi connectivity index (χ1v) is 6.92. The summed E-state index contributed by atoms with van der Waals surface area (Å²) in [6.07, 6.45) is 6.52. The SMILES string of the molecule is CC(C)CC1(Cc2cccc3c2OCC3)CC1. The molecule has 0 radical (unpaired) electrons. The van der Waals surface area contributed by atoms with Crippen LogP contribution in [-0.4, -0.2) is 6.61 Å². The average Bonchev–Trinajstić information content (AvgIpc) is 2.85. The van der Waals surface area contributed by atoms with Crippen molar-refractivity contribution in [3.8, 4) is 5.75 Å². The lowest BCUT2D eigenvalue weighted by Gasteiger charge is -2.19. The molecule has 0 N–H and O–H groups in total. The van der Waals surface area contributed by atoms with Gasteiger partial charge in [0.05, 0.1) is 6.61 Å². The second-order valence-corrected chi connectivity index (χ2v) is 6.28. The van der Waals surface area contributed by atoms with Crippen LogP contribution in [0.15, 0.2) is 18.2 Å². The van der Waals surface area contributed by atoms with E-state index in [2.05, 4.69) is 32.0 Å². The Morgan fingerprint density at radius 1 is 1.29 bits per heavy atom. The summed E-state index contributed by atoms with van der Waals surface area (Å²) < 4.78 is 5.81. The van der Waals surface area contributed by atoms with Crippen LogP contribution in [-0.2, 0) is 12.8 Å². The van der Waals surface area contributed by atoms with Crippen molar-refractivity contribution in [2.24, 2.45) is 11.3 Å². The largest absolute Gasteiger partial charge is 0.493 e. The quantitative estimate of drug-likeness (QED) is 0.760. The number of para-hydroxylation sites is 1. The monoisotopic (exact) mass is 230 g/mol. The first-order chi connectivity index (χ1) is 8.19. The third-order valence-electron chi connectivity index (χ3n) is 4.16. The normalized spacial score (nSPS) is 20.2. The van der Waals surface area contributed by atoms with Gasteiger partial charge in [-0.05, 0) is 48.1 Å². The zero-order valence-corrected chi connectivity index (χ0v) is 11.0. The number of hydrogen-bond donors (Lipinski definition) is 0. The van der Waals surface area contributed by atoms with E-state index in [-0.39, 0.29) is 0 Å². The van der Waals surface area contributed by atoms with E-state index >= 15 is 0 Å². The fourth-order valence-corrected chi connectivity index (χ4v) is 3.32. The molecule has 1 aromatic rings. The minimum atomic E-state index is 0.606. The molecule has 0 spiro atoms. The fraction of sp³-hybridized carbons (Fsp3) is 0.625. The lowest BCUT2D eigenvalue weighted by atomic mass is 9.87. The molecule has 92 valence electrons. The molecule has 3 rings (SSSR count). The molecule has 0 saturated heterocycles. The summed E-state index contributed by atoms with van der Waals surface area (Å²) in [5.74, 6) is 2.03. The second-order valence-electron chi connectivity index (χ2n) is 6.28. The molecule has 1 fully saturated rings. The van der Waals surface area contributed by atoms with Gasteiger partial charge < -0.3 is 4.74 Å². The summed E-state index contributed by atoms with van der Waals surface area (Å²) in [6.45, 7) is 5.56. The maximum atomic E-state index is 5.81. The van der Waals surface area contributed by atoms with Gasteiger partial charge in [-0.1, -0.05) is 32.0 Å². The summed E-state index contributed by atoms with van der Waals surface area (Å²) in [6, 6.07) is 6.69. The van der Waals surface area contributed by atoms with E-state index < -0.39 is 0 Å². The summed E-state index contributed by atoms with van der Waals surface area (Å²) in [4.78, 5) is 0. The number of fused-ring (bicyclic) bond motifs is 1. The van der Waals surface area contributed by atoms with Gasteiger partial charge in [-0.3, -0.25) is 0 Å². The van der Waals surface area contributed by atoms with Crippen LogP contribution in [0.25, 0.3) is 0 Å². The van der Waals surface area contributed by atoms with Crippen LogP contribution >= 0.6 is 0 Å². The Kier molecular flexibility index (Phi) is 2.65. The zero-order chi connectivity index (χ0) is 11.9. The van der Waals surface area contributed by atoms with Crippen molar-refractivity contribution < 1.29 is 4.74 Å². The minimum Gasteiger partial charge on any atom is -0.493 e. The fourth-order valence-electron chi connectivity index (χ4n) is 3.32. The van der Waals surface area contributed by atoms with Crippen LogP contribution in [0.1, 0.15) is 44.2 Å². The smallest absolute Gasteiger partial charge is 0.125 e. The van der Waals surface area contributed by atoms with Gasteiger partial charge in [0, 0.05) is 6.42 Å². The molecule has 0 atom stereocenters. The maximum absolute atomic E-state index is 5.81. The molecular weight excluding hydrogens is 208 g/mol. The van der Waals surface area contributed by atoms with Crippen molar-refractivity contribution in [2.45, 2.75) is 46.0 Å². The van der Waals surface area contributed by atoms with Crippen LogP contribution in [0.4, 0.5) is 0 Å². The molecule has 1 heteroatoms. The van der Waals surface area contributed by atoms with Crippen molar-refractivity contribution in [3.63, 3.8) is 0 Å². The Bertz CT molecular complexity index is 416. The molecule has 1 nitrogen and oxygen atoms in total. The van der Waals surface area contributed by atoms with Crippen LogP contribution in [0.5, 0.6) is 5.75 Å². The number of benzene rings is 1. The van der Waals surface area contributed by atoms with Gasteiger partial charge in [0.15, 0.2) is 0 Å². The molecule has 0 aromatic heterocycles.